The summed E-state index contributed by atoms with van der Waals surface area (Å²) in [7, 11) is 0. The third-order valence-electron chi connectivity index (χ3n) is 9.82. The summed E-state index contributed by atoms with van der Waals surface area (Å²) in [6.07, 6.45) is 8.72. The number of carbonyl (C=O) groups is 1. The van der Waals surface area contributed by atoms with Gasteiger partial charge in [-0.05, 0) is 89.2 Å². The van der Waals surface area contributed by atoms with E-state index in [2.05, 4.69) is 34.2 Å². The fourth-order valence-electron chi connectivity index (χ4n) is 7.79. The minimum atomic E-state index is -0.370. The van der Waals surface area contributed by atoms with E-state index < -0.39 is 0 Å². The summed E-state index contributed by atoms with van der Waals surface area (Å²) in [4.78, 5) is 27.2. The molecule has 1 saturated heterocycles. The van der Waals surface area contributed by atoms with Crippen LogP contribution in [0.2, 0.25) is 0 Å². The molecule has 1 heterocycles. The first-order valence-electron chi connectivity index (χ1n) is 15.9. The number of unbranched alkanes of at least 4 members (excludes halogenated alkanes) is 1. The first-order chi connectivity index (χ1) is 21.4. The van der Waals surface area contributed by atoms with Crippen molar-refractivity contribution in [1.82, 2.24) is 4.90 Å². The zero-order valence-corrected chi connectivity index (χ0v) is 26.8. The molecular formula is C35H40BrN3O5. The second-order valence-electron chi connectivity index (χ2n) is 12.3. The maximum Gasteiger partial charge on any atom is 0.410 e. The SMILES string of the molecule is CCCCOc1cc2c(c(Br)c1Nc1ccccc1[N+](=O)[O-])C[C@H]1C3CCCC[C@@]23CCCN1C(=O)OCc1ccccc1. The lowest BCUT2D eigenvalue weighted by Gasteiger charge is -2.53. The van der Waals surface area contributed by atoms with Gasteiger partial charge in [0, 0.05) is 28.5 Å². The Bertz CT molecular complexity index is 1520. The molecule has 3 aliphatic rings. The molecule has 0 radical (unpaired) electrons. The molecule has 1 N–H and O–H groups in total. The van der Waals surface area contributed by atoms with E-state index in [1.807, 2.05) is 35.2 Å². The van der Waals surface area contributed by atoms with E-state index in [0.29, 0.717) is 42.6 Å². The van der Waals surface area contributed by atoms with Crippen molar-refractivity contribution in [3.63, 3.8) is 0 Å². The molecule has 3 aromatic carbocycles. The third-order valence-corrected chi connectivity index (χ3v) is 10.7. The lowest BCUT2D eigenvalue weighted by molar-refractivity contribution is -0.383. The van der Waals surface area contributed by atoms with Crippen LogP contribution in [0, 0.1) is 16.0 Å². The molecule has 232 valence electrons. The maximum absolute atomic E-state index is 13.7. The molecule has 3 atom stereocenters. The summed E-state index contributed by atoms with van der Waals surface area (Å²) >= 11 is 3.96. The standard InChI is InChI=1S/C35H40BrN3O5/c1-2-3-20-43-31-22-27-25(32(36)33(31)37-28-15-7-8-16-29(28)39(41)42)21-30-26-14-9-10-17-35(26,27)18-11-19-38(30)34(40)44-23-24-12-5-4-6-13-24/h4-8,12-13,15-16,22,26,30,37H,2-3,9-11,14,17-21,23H2,1H3/t26?,30-,35-/m0/s1. The predicted octanol–water partition coefficient (Wildman–Crippen LogP) is 9.07. The minimum absolute atomic E-state index is 0.00331. The van der Waals surface area contributed by atoms with Crippen LogP contribution in [-0.2, 0) is 23.2 Å². The number of nitrogens with one attached hydrogen (secondary N) is 1. The number of carbonyl (C=O) groups excluding carboxylic acids is 1. The van der Waals surface area contributed by atoms with Crippen molar-refractivity contribution >= 4 is 39.1 Å². The summed E-state index contributed by atoms with van der Waals surface area (Å²) in [5.41, 5.74) is 4.48. The highest BCUT2D eigenvalue weighted by molar-refractivity contribution is 9.10. The first-order valence-corrected chi connectivity index (χ1v) is 16.7. The van der Waals surface area contributed by atoms with Crippen LogP contribution < -0.4 is 10.1 Å². The van der Waals surface area contributed by atoms with Crippen LogP contribution >= 0.6 is 15.9 Å². The minimum Gasteiger partial charge on any atom is -0.491 e. The topological polar surface area (TPSA) is 93.9 Å². The van der Waals surface area contributed by atoms with Crippen LogP contribution in [-0.4, -0.2) is 35.1 Å². The first kappa shape index (κ1) is 30.4. The van der Waals surface area contributed by atoms with E-state index in [4.69, 9.17) is 9.47 Å². The number of hydrogen-bond acceptors (Lipinski definition) is 6. The van der Waals surface area contributed by atoms with Gasteiger partial charge in [-0.2, -0.15) is 0 Å². The Kier molecular flexibility index (Phi) is 9.12. The molecule has 2 fully saturated rings. The molecule has 2 aliphatic carbocycles. The van der Waals surface area contributed by atoms with Crippen LogP contribution in [0.3, 0.4) is 0 Å². The summed E-state index contributed by atoms with van der Waals surface area (Å²) in [5.74, 6) is 1.04. The number of likely N-dealkylation sites (tertiary alicyclic amines) is 1. The molecule has 6 rings (SSSR count). The number of benzene rings is 3. The fraction of sp³-hybridized carbons (Fsp3) is 0.457. The Morgan fingerprint density at radius 3 is 2.68 bits per heavy atom. The van der Waals surface area contributed by atoms with Crippen molar-refractivity contribution in [2.45, 2.75) is 82.8 Å². The number of nitro groups is 1. The van der Waals surface area contributed by atoms with Crippen molar-refractivity contribution in [1.29, 1.82) is 0 Å². The Morgan fingerprint density at radius 1 is 1.11 bits per heavy atom. The maximum atomic E-state index is 13.7. The van der Waals surface area contributed by atoms with Crippen molar-refractivity contribution in [3.8, 4) is 5.75 Å². The van der Waals surface area contributed by atoms with Crippen LogP contribution in [0.25, 0.3) is 0 Å². The highest BCUT2D eigenvalue weighted by atomic mass is 79.9. The zero-order chi connectivity index (χ0) is 30.7. The van der Waals surface area contributed by atoms with Crippen LogP contribution in [0.15, 0.2) is 65.1 Å². The quantitative estimate of drug-likeness (QED) is 0.140. The van der Waals surface area contributed by atoms with Gasteiger partial charge in [0.2, 0.25) is 0 Å². The number of ether oxygens (including phenoxy) is 2. The monoisotopic (exact) mass is 661 g/mol. The predicted molar refractivity (Wildman–Crippen MR) is 175 cm³/mol. The van der Waals surface area contributed by atoms with Gasteiger partial charge in [0.1, 0.15) is 18.0 Å². The number of anilines is 2. The van der Waals surface area contributed by atoms with Crippen molar-refractivity contribution < 1.29 is 19.2 Å². The Hall–Kier alpha value is -3.59. The van der Waals surface area contributed by atoms with E-state index in [-0.39, 0.29) is 34.8 Å². The number of fused-ring (bicyclic) bond motifs is 1. The van der Waals surface area contributed by atoms with Crippen molar-refractivity contribution in [3.05, 3.63) is 91.9 Å². The average Bonchev–Trinajstić information content (AvgIpc) is 3.16. The Labute approximate surface area is 267 Å². The molecule has 44 heavy (non-hydrogen) atoms. The van der Waals surface area contributed by atoms with Crippen LogP contribution in [0.4, 0.5) is 21.9 Å². The largest absolute Gasteiger partial charge is 0.491 e. The summed E-state index contributed by atoms with van der Waals surface area (Å²) < 4.78 is 13.2. The van der Waals surface area contributed by atoms with E-state index in [0.717, 1.165) is 67.0 Å². The second kappa shape index (κ2) is 13.2. The van der Waals surface area contributed by atoms with E-state index >= 15 is 0 Å². The van der Waals surface area contributed by atoms with Gasteiger partial charge in [-0.15, -0.1) is 0 Å². The fourth-order valence-corrected chi connectivity index (χ4v) is 8.46. The molecule has 1 aliphatic heterocycles. The van der Waals surface area contributed by atoms with Crippen LogP contribution in [0.1, 0.15) is 75.0 Å². The molecular weight excluding hydrogens is 622 g/mol. The number of amides is 1. The highest BCUT2D eigenvalue weighted by Crippen LogP contribution is 2.58. The smallest absolute Gasteiger partial charge is 0.410 e. The molecule has 2 bridgehead atoms. The van der Waals surface area contributed by atoms with Gasteiger partial charge in [0.15, 0.2) is 0 Å². The Morgan fingerprint density at radius 2 is 1.89 bits per heavy atom. The van der Waals surface area contributed by atoms with E-state index in [9.17, 15) is 14.9 Å². The summed E-state index contributed by atoms with van der Waals surface area (Å²) in [6.45, 7) is 3.62. The average molecular weight is 663 g/mol. The van der Waals surface area contributed by atoms with E-state index in [1.165, 1.54) is 11.6 Å². The van der Waals surface area contributed by atoms with Gasteiger partial charge >= 0.3 is 6.09 Å². The zero-order valence-electron chi connectivity index (χ0n) is 25.2. The van der Waals surface area contributed by atoms with E-state index in [1.54, 1.807) is 18.2 Å². The molecule has 3 aromatic rings. The highest BCUT2D eigenvalue weighted by Gasteiger charge is 2.54. The Balaban J connectivity index is 1.41. The molecule has 8 nitrogen and oxygen atoms in total. The third kappa shape index (κ3) is 5.78. The summed E-state index contributed by atoms with van der Waals surface area (Å²) in [6, 6.07) is 18.7. The van der Waals surface area contributed by atoms with Gasteiger partial charge in [-0.1, -0.05) is 68.7 Å². The van der Waals surface area contributed by atoms with Gasteiger partial charge in [-0.25, -0.2) is 4.79 Å². The lowest BCUT2D eigenvalue weighted by atomic mass is 9.54. The molecule has 0 aromatic heterocycles. The molecule has 0 spiro atoms. The lowest BCUT2D eigenvalue weighted by Crippen LogP contribution is -2.54. The van der Waals surface area contributed by atoms with Crippen molar-refractivity contribution in [2.24, 2.45) is 5.92 Å². The molecule has 1 saturated carbocycles. The normalized spacial score (nSPS) is 22.3. The van der Waals surface area contributed by atoms with Crippen molar-refractivity contribution in [2.75, 3.05) is 18.5 Å². The number of halogens is 1. The number of para-hydroxylation sites is 2. The number of nitro benzene ring substituents is 1. The second-order valence-corrected chi connectivity index (χ2v) is 13.1. The van der Waals surface area contributed by atoms with Gasteiger partial charge in [0.05, 0.1) is 17.2 Å². The van der Waals surface area contributed by atoms with Gasteiger partial charge in [0.25, 0.3) is 5.69 Å². The van der Waals surface area contributed by atoms with Crippen LogP contribution in [0.5, 0.6) is 5.75 Å². The number of rotatable bonds is 9. The summed E-state index contributed by atoms with van der Waals surface area (Å²) in [5, 5.41) is 15.2. The number of nitrogens with zero attached hydrogens (tertiary/aromatic N) is 2. The molecule has 1 amide bonds. The number of hydrogen-bond donors (Lipinski definition) is 1. The molecule has 9 heteroatoms. The van der Waals surface area contributed by atoms with Gasteiger partial charge < -0.3 is 19.7 Å². The molecule has 1 unspecified atom stereocenters. The van der Waals surface area contributed by atoms with Gasteiger partial charge in [-0.3, -0.25) is 10.1 Å².